The molecule has 8 heteroatoms. The second-order valence-electron chi connectivity index (χ2n) is 5.65. The van der Waals surface area contributed by atoms with Crippen molar-refractivity contribution in [1.29, 1.82) is 0 Å². The average Bonchev–Trinajstić information content (AvgIpc) is 3.37. The minimum absolute atomic E-state index is 0.0888. The minimum Gasteiger partial charge on any atom is -0.472 e. The van der Waals surface area contributed by atoms with Crippen molar-refractivity contribution in [2.45, 2.75) is 12.5 Å². The Morgan fingerprint density at radius 2 is 2.24 bits per heavy atom. The molecule has 7 nitrogen and oxygen atoms in total. The fraction of sp³-hybridized carbons (Fsp3) is 0.235. The van der Waals surface area contributed by atoms with Gasteiger partial charge in [-0.15, -0.1) is 0 Å². The summed E-state index contributed by atoms with van der Waals surface area (Å²) in [6, 6.07) is 8.75. The molecular formula is C17H14BrN3O4. The number of rotatable bonds is 4. The normalized spacial score (nSPS) is 17.0. The van der Waals surface area contributed by atoms with Crippen LogP contribution < -0.4 is 4.74 Å². The van der Waals surface area contributed by atoms with Gasteiger partial charge in [0.2, 0.25) is 11.6 Å². The van der Waals surface area contributed by atoms with Gasteiger partial charge in [0, 0.05) is 35.8 Å². The quantitative estimate of drug-likeness (QED) is 0.663. The molecule has 0 aromatic carbocycles. The summed E-state index contributed by atoms with van der Waals surface area (Å²) >= 11 is 3.34. The van der Waals surface area contributed by atoms with Gasteiger partial charge in [0.15, 0.2) is 11.5 Å². The van der Waals surface area contributed by atoms with Crippen molar-refractivity contribution >= 4 is 21.8 Å². The molecule has 1 saturated heterocycles. The Morgan fingerprint density at radius 1 is 1.32 bits per heavy atom. The van der Waals surface area contributed by atoms with Crippen LogP contribution in [0.25, 0.3) is 11.5 Å². The third-order valence-electron chi connectivity index (χ3n) is 3.91. The van der Waals surface area contributed by atoms with Crippen LogP contribution in [0.15, 0.2) is 56.2 Å². The van der Waals surface area contributed by atoms with E-state index in [2.05, 4.69) is 26.1 Å². The first-order valence-corrected chi connectivity index (χ1v) is 8.56. The van der Waals surface area contributed by atoms with Crippen LogP contribution in [0, 0.1) is 0 Å². The molecule has 3 aromatic heterocycles. The van der Waals surface area contributed by atoms with Gasteiger partial charge in [-0.3, -0.25) is 4.79 Å². The van der Waals surface area contributed by atoms with Gasteiger partial charge in [-0.25, -0.2) is 4.98 Å². The van der Waals surface area contributed by atoms with Gasteiger partial charge < -0.3 is 18.6 Å². The molecule has 25 heavy (non-hydrogen) atoms. The number of pyridine rings is 1. The highest BCUT2D eigenvalue weighted by atomic mass is 79.9. The van der Waals surface area contributed by atoms with Gasteiger partial charge in [0.05, 0.1) is 12.8 Å². The van der Waals surface area contributed by atoms with E-state index in [0.29, 0.717) is 30.5 Å². The first-order chi connectivity index (χ1) is 12.2. The van der Waals surface area contributed by atoms with Crippen molar-refractivity contribution < 1.29 is 18.5 Å². The molecular weight excluding hydrogens is 390 g/mol. The molecule has 128 valence electrons. The molecule has 1 aliphatic heterocycles. The van der Waals surface area contributed by atoms with E-state index in [4.69, 9.17) is 13.7 Å². The van der Waals surface area contributed by atoms with Crippen molar-refractivity contribution in [2.75, 3.05) is 13.1 Å². The van der Waals surface area contributed by atoms with Crippen LogP contribution in [0.3, 0.4) is 0 Å². The number of amides is 1. The Kier molecular flexibility index (Phi) is 4.27. The Hall–Kier alpha value is -2.61. The van der Waals surface area contributed by atoms with E-state index in [1.807, 2.05) is 6.07 Å². The predicted molar refractivity (Wildman–Crippen MR) is 91.1 cm³/mol. The number of ether oxygens (including phenoxy) is 1. The standard InChI is InChI=1S/C17H14BrN3O4/c18-11-3-4-16(19-9-11)24-12-5-6-21(10-12)17(22)13-8-15(25-20-13)14-2-1-7-23-14/h1-4,7-9,12H,5-6,10H2. The van der Waals surface area contributed by atoms with Crippen molar-refractivity contribution in [3.63, 3.8) is 0 Å². The van der Waals surface area contributed by atoms with Crippen molar-refractivity contribution in [3.8, 4) is 17.4 Å². The molecule has 0 radical (unpaired) electrons. The highest BCUT2D eigenvalue weighted by Gasteiger charge is 2.30. The molecule has 0 bridgehead atoms. The Balaban J connectivity index is 1.39. The largest absolute Gasteiger partial charge is 0.472 e. The summed E-state index contributed by atoms with van der Waals surface area (Å²) in [4.78, 5) is 18.5. The van der Waals surface area contributed by atoms with E-state index >= 15 is 0 Å². The summed E-state index contributed by atoms with van der Waals surface area (Å²) in [6.07, 6.45) is 3.87. The first kappa shape index (κ1) is 15.9. The van der Waals surface area contributed by atoms with Crippen LogP contribution in [0.4, 0.5) is 0 Å². The monoisotopic (exact) mass is 403 g/mol. The lowest BCUT2D eigenvalue weighted by atomic mass is 10.3. The number of aromatic nitrogens is 2. The first-order valence-electron chi connectivity index (χ1n) is 7.77. The van der Waals surface area contributed by atoms with E-state index in [1.54, 1.807) is 35.4 Å². The zero-order valence-electron chi connectivity index (χ0n) is 13.1. The van der Waals surface area contributed by atoms with Crippen LogP contribution >= 0.6 is 15.9 Å². The second-order valence-corrected chi connectivity index (χ2v) is 6.56. The lowest BCUT2D eigenvalue weighted by molar-refractivity contribution is 0.0761. The van der Waals surface area contributed by atoms with E-state index in [9.17, 15) is 4.79 Å². The molecule has 0 spiro atoms. The number of hydrogen-bond donors (Lipinski definition) is 0. The molecule has 0 aliphatic carbocycles. The maximum Gasteiger partial charge on any atom is 0.276 e. The SMILES string of the molecule is O=C(c1cc(-c2ccco2)on1)N1CCC(Oc2ccc(Br)cn2)C1. The van der Waals surface area contributed by atoms with Gasteiger partial charge in [-0.2, -0.15) is 0 Å². The highest BCUT2D eigenvalue weighted by molar-refractivity contribution is 9.10. The molecule has 1 unspecified atom stereocenters. The highest BCUT2D eigenvalue weighted by Crippen LogP contribution is 2.23. The molecule has 1 aliphatic rings. The van der Waals surface area contributed by atoms with Gasteiger partial charge in [0.1, 0.15) is 6.10 Å². The lowest BCUT2D eigenvalue weighted by Gasteiger charge is -2.15. The van der Waals surface area contributed by atoms with E-state index < -0.39 is 0 Å². The van der Waals surface area contributed by atoms with Crippen LogP contribution in [0.5, 0.6) is 5.88 Å². The van der Waals surface area contributed by atoms with Crippen molar-refractivity contribution in [1.82, 2.24) is 15.0 Å². The van der Waals surface area contributed by atoms with Crippen LogP contribution in [-0.4, -0.2) is 40.1 Å². The third-order valence-corrected chi connectivity index (χ3v) is 4.38. The van der Waals surface area contributed by atoms with Gasteiger partial charge in [-0.05, 0) is 34.1 Å². The summed E-state index contributed by atoms with van der Waals surface area (Å²) in [7, 11) is 0. The van der Waals surface area contributed by atoms with Gasteiger partial charge in [-0.1, -0.05) is 5.16 Å². The smallest absolute Gasteiger partial charge is 0.276 e. The lowest BCUT2D eigenvalue weighted by Crippen LogP contribution is -2.31. The van der Waals surface area contributed by atoms with Gasteiger partial charge >= 0.3 is 0 Å². The summed E-state index contributed by atoms with van der Waals surface area (Å²) in [5.74, 6) is 1.33. The number of furan rings is 1. The summed E-state index contributed by atoms with van der Waals surface area (Å²) in [6.45, 7) is 1.09. The molecule has 4 rings (SSSR count). The third kappa shape index (κ3) is 3.43. The fourth-order valence-corrected chi connectivity index (χ4v) is 2.92. The number of halogens is 1. The van der Waals surface area contributed by atoms with E-state index in [-0.39, 0.29) is 17.7 Å². The van der Waals surface area contributed by atoms with Crippen LogP contribution in [0.2, 0.25) is 0 Å². The summed E-state index contributed by atoms with van der Waals surface area (Å²) < 4.78 is 17.1. The van der Waals surface area contributed by atoms with E-state index in [1.165, 1.54) is 6.26 Å². The second kappa shape index (κ2) is 6.72. The maximum atomic E-state index is 12.6. The number of likely N-dealkylation sites (tertiary alicyclic amines) is 1. The molecule has 1 atom stereocenters. The average molecular weight is 404 g/mol. The fourth-order valence-electron chi connectivity index (χ4n) is 2.68. The van der Waals surface area contributed by atoms with Gasteiger partial charge in [0.25, 0.3) is 5.91 Å². The zero-order valence-corrected chi connectivity index (χ0v) is 14.7. The number of hydrogen-bond acceptors (Lipinski definition) is 6. The topological polar surface area (TPSA) is 81.6 Å². The number of nitrogens with zero attached hydrogens (tertiary/aromatic N) is 3. The predicted octanol–water partition coefficient (Wildman–Crippen LogP) is 3.39. The number of carbonyl (C=O) groups excluding carboxylic acids is 1. The minimum atomic E-state index is -0.184. The molecule has 0 saturated carbocycles. The Labute approximate surface area is 151 Å². The molecule has 3 aromatic rings. The van der Waals surface area contributed by atoms with Crippen molar-refractivity contribution in [3.05, 3.63) is 53.0 Å². The van der Waals surface area contributed by atoms with Crippen molar-refractivity contribution in [2.24, 2.45) is 0 Å². The maximum absolute atomic E-state index is 12.6. The summed E-state index contributed by atoms with van der Waals surface area (Å²) in [5, 5.41) is 3.85. The molecule has 4 heterocycles. The molecule has 1 amide bonds. The zero-order chi connectivity index (χ0) is 17.2. The Bertz CT molecular complexity index is 860. The molecule has 1 fully saturated rings. The van der Waals surface area contributed by atoms with E-state index in [0.717, 1.165) is 10.9 Å². The van der Waals surface area contributed by atoms with Crippen LogP contribution in [-0.2, 0) is 0 Å². The Morgan fingerprint density at radius 3 is 3.00 bits per heavy atom. The van der Waals surface area contributed by atoms with Crippen LogP contribution in [0.1, 0.15) is 16.9 Å². The number of carbonyl (C=O) groups is 1. The molecule has 0 N–H and O–H groups in total. The summed E-state index contributed by atoms with van der Waals surface area (Å²) in [5.41, 5.74) is 0.258.